The molecule has 1 saturated carbocycles. The lowest BCUT2D eigenvalue weighted by Gasteiger charge is -2.31. The Morgan fingerprint density at radius 2 is 1.85 bits per heavy atom. The number of carbonyl (C=O) groups excluding carboxylic acids is 1. The molecule has 1 saturated heterocycles. The predicted molar refractivity (Wildman–Crippen MR) is 114 cm³/mol. The van der Waals surface area contributed by atoms with Crippen molar-refractivity contribution in [2.75, 3.05) is 0 Å². The SMILES string of the molecule is C[C@@H](O[C@H]1CC[C@@H]([C@H]2C[C@H](O)C(=O)N2)[C@@H]1c1ccc(F)cc1)c1cc(CF)cc(C(F)(F)F)c1. The molecule has 4 rings (SSSR count). The van der Waals surface area contributed by atoms with Gasteiger partial charge in [0.25, 0.3) is 0 Å². The van der Waals surface area contributed by atoms with Crippen LogP contribution in [0.4, 0.5) is 22.0 Å². The lowest BCUT2D eigenvalue weighted by atomic mass is 9.82. The van der Waals surface area contributed by atoms with Crippen LogP contribution in [0.5, 0.6) is 0 Å². The zero-order valence-electron chi connectivity index (χ0n) is 18.5. The Balaban J connectivity index is 1.61. The summed E-state index contributed by atoms with van der Waals surface area (Å²) in [6.45, 7) is 0.588. The van der Waals surface area contributed by atoms with Crippen LogP contribution in [0.15, 0.2) is 42.5 Å². The van der Waals surface area contributed by atoms with Gasteiger partial charge >= 0.3 is 6.18 Å². The highest BCUT2D eigenvalue weighted by Gasteiger charge is 2.46. The van der Waals surface area contributed by atoms with E-state index in [-0.39, 0.29) is 35.4 Å². The lowest BCUT2D eigenvalue weighted by molar-refractivity contribution is -0.137. The second-order valence-electron chi connectivity index (χ2n) is 9.10. The van der Waals surface area contributed by atoms with E-state index < -0.39 is 48.5 Å². The zero-order valence-corrected chi connectivity index (χ0v) is 18.5. The van der Waals surface area contributed by atoms with Crippen LogP contribution in [0.3, 0.4) is 0 Å². The molecule has 2 aromatic carbocycles. The van der Waals surface area contributed by atoms with Crippen molar-refractivity contribution in [3.63, 3.8) is 0 Å². The van der Waals surface area contributed by atoms with Gasteiger partial charge in [-0.15, -0.1) is 0 Å². The summed E-state index contributed by atoms with van der Waals surface area (Å²) >= 11 is 0. The van der Waals surface area contributed by atoms with E-state index in [0.29, 0.717) is 12.8 Å². The van der Waals surface area contributed by atoms with E-state index in [1.165, 1.54) is 18.2 Å². The Morgan fingerprint density at radius 1 is 1.15 bits per heavy atom. The minimum atomic E-state index is -4.61. The van der Waals surface area contributed by atoms with Crippen LogP contribution < -0.4 is 5.32 Å². The molecule has 6 atom stereocenters. The molecule has 184 valence electrons. The molecule has 0 unspecified atom stereocenters. The Morgan fingerprint density at radius 3 is 2.44 bits per heavy atom. The van der Waals surface area contributed by atoms with Crippen molar-refractivity contribution < 1.29 is 36.6 Å². The molecule has 1 aliphatic heterocycles. The summed E-state index contributed by atoms with van der Waals surface area (Å²) in [6.07, 6.45) is -5.44. The Labute approximate surface area is 194 Å². The van der Waals surface area contributed by atoms with Gasteiger partial charge in [-0.3, -0.25) is 4.79 Å². The van der Waals surface area contributed by atoms with E-state index in [4.69, 9.17) is 4.74 Å². The second-order valence-corrected chi connectivity index (χ2v) is 9.10. The van der Waals surface area contributed by atoms with Crippen molar-refractivity contribution in [3.8, 4) is 0 Å². The third-order valence-corrected chi connectivity index (χ3v) is 6.87. The third kappa shape index (κ3) is 5.10. The van der Waals surface area contributed by atoms with Crippen LogP contribution in [0, 0.1) is 11.7 Å². The molecule has 1 heterocycles. The summed E-state index contributed by atoms with van der Waals surface area (Å²) in [5.74, 6) is -1.23. The summed E-state index contributed by atoms with van der Waals surface area (Å²) in [4.78, 5) is 11.9. The second kappa shape index (κ2) is 9.62. The van der Waals surface area contributed by atoms with Crippen molar-refractivity contribution >= 4 is 5.91 Å². The maximum absolute atomic E-state index is 13.6. The van der Waals surface area contributed by atoms with Crippen molar-refractivity contribution in [2.24, 2.45) is 5.92 Å². The largest absolute Gasteiger partial charge is 0.416 e. The zero-order chi connectivity index (χ0) is 24.6. The fraction of sp³-hybridized carbons (Fsp3) is 0.480. The molecule has 0 aromatic heterocycles. The predicted octanol–water partition coefficient (Wildman–Crippen LogP) is 5.20. The van der Waals surface area contributed by atoms with Gasteiger partial charge in [0.15, 0.2) is 0 Å². The fourth-order valence-corrected chi connectivity index (χ4v) is 5.24. The van der Waals surface area contributed by atoms with Crippen LogP contribution >= 0.6 is 0 Å². The highest BCUT2D eigenvalue weighted by molar-refractivity contribution is 5.83. The standard InChI is InChI=1S/C25H26F5NO3/c1-13(16-8-14(12-26)9-17(10-16)25(28,29)30)34-22-7-6-19(20-11-21(32)24(33)31-20)23(22)15-2-4-18(27)5-3-15/h2-5,8-10,13,19-23,32H,6-7,11-12H2,1H3,(H,31,33)/t13-,19+,20-,21+,22+,23+/m1/s1. The summed E-state index contributed by atoms with van der Waals surface area (Å²) in [5.41, 5.74) is -0.0175. The summed E-state index contributed by atoms with van der Waals surface area (Å²) in [7, 11) is 0. The molecule has 4 nitrogen and oxygen atoms in total. The average molecular weight is 483 g/mol. The number of aliphatic hydroxyl groups excluding tert-OH is 1. The lowest BCUT2D eigenvalue weighted by Crippen LogP contribution is -2.36. The minimum Gasteiger partial charge on any atom is -0.383 e. The van der Waals surface area contributed by atoms with E-state index in [2.05, 4.69) is 5.32 Å². The summed E-state index contributed by atoms with van der Waals surface area (Å²) < 4.78 is 73.0. The van der Waals surface area contributed by atoms with Crippen LogP contribution in [0.25, 0.3) is 0 Å². The van der Waals surface area contributed by atoms with Gasteiger partial charge in [-0.05, 0) is 66.6 Å². The number of ether oxygens (including phenoxy) is 1. The van der Waals surface area contributed by atoms with Crippen LogP contribution in [-0.4, -0.2) is 29.3 Å². The first kappa shape index (κ1) is 24.6. The minimum absolute atomic E-state index is 0.0812. The maximum Gasteiger partial charge on any atom is 0.416 e. The van der Waals surface area contributed by atoms with Gasteiger partial charge in [0.1, 0.15) is 18.6 Å². The monoisotopic (exact) mass is 483 g/mol. The molecule has 9 heteroatoms. The quantitative estimate of drug-likeness (QED) is 0.555. The van der Waals surface area contributed by atoms with E-state index in [0.717, 1.165) is 17.7 Å². The Kier molecular flexibility index (Phi) is 6.96. The molecule has 2 N–H and O–H groups in total. The van der Waals surface area contributed by atoms with Crippen molar-refractivity contribution in [3.05, 3.63) is 70.5 Å². The van der Waals surface area contributed by atoms with Crippen LogP contribution in [0.2, 0.25) is 0 Å². The average Bonchev–Trinajstić information content (AvgIpc) is 3.36. The molecular formula is C25H26F5NO3. The molecular weight excluding hydrogens is 457 g/mol. The molecule has 2 aliphatic rings. The van der Waals surface area contributed by atoms with E-state index >= 15 is 0 Å². The number of benzene rings is 2. The molecule has 0 radical (unpaired) electrons. The smallest absolute Gasteiger partial charge is 0.383 e. The first-order chi connectivity index (χ1) is 16.1. The molecule has 1 amide bonds. The highest BCUT2D eigenvalue weighted by Crippen LogP contribution is 2.46. The molecule has 34 heavy (non-hydrogen) atoms. The van der Waals surface area contributed by atoms with Crippen molar-refractivity contribution in [1.82, 2.24) is 5.32 Å². The van der Waals surface area contributed by atoms with Crippen molar-refractivity contribution in [1.29, 1.82) is 0 Å². The van der Waals surface area contributed by atoms with Gasteiger partial charge < -0.3 is 15.2 Å². The van der Waals surface area contributed by atoms with E-state index in [9.17, 15) is 31.9 Å². The van der Waals surface area contributed by atoms with Gasteiger partial charge in [0.05, 0.1) is 17.8 Å². The summed E-state index contributed by atoms with van der Waals surface area (Å²) in [6, 6.07) is 8.76. The normalized spacial score (nSPS) is 28.2. The molecule has 0 bridgehead atoms. The highest BCUT2D eigenvalue weighted by atomic mass is 19.4. The van der Waals surface area contributed by atoms with Gasteiger partial charge in [0, 0.05) is 18.4 Å². The van der Waals surface area contributed by atoms with Crippen LogP contribution in [-0.2, 0) is 22.4 Å². The number of hydrogen-bond donors (Lipinski definition) is 2. The number of amides is 1. The first-order valence-electron chi connectivity index (χ1n) is 11.2. The van der Waals surface area contributed by atoms with Gasteiger partial charge in [-0.25, -0.2) is 8.78 Å². The number of hydrogen-bond acceptors (Lipinski definition) is 3. The van der Waals surface area contributed by atoms with Crippen LogP contribution in [0.1, 0.15) is 60.5 Å². The molecule has 1 aliphatic carbocycles. The molecule has 0 spiro atoms. The fourth-order valence-electron chi connectivity index (χ4n) is 5.24. The third-order valence-electron chi connectivity index (χ3n) is 6.87. The number of nitrogens with one attached hydrogen (secondary N) is 1. The van der Waals surface area contributed by atoms with Gasteiger partial charge in [-0.2, -0.15) is 13.2 Å². The number of rotatable bonds is 6. The van der Waals surface area contributed by atoms with E-state index in [1.807, 2.05) is 0 Å². The van der Waals surface area contributed by atoms with Gasteiger partial charge in [0.2, 0.25) is 5.91 Å². The van der Waals surface area contributed by atoms with E-state index in [1.54, 1.807) is 19.1 Å². The number of carbonyl (C=O) groups is 1. The van der Waals surface area contributed by atoms with Crippen molar-refractivity contribution in [2.45, 2.75) is 69.3 Å². The Hall–Kier alpha value is -2.52. The Bertz CT molecular complexity index is 1030. The summed E-state index contributed by atoms with van der Waals surface area (Å²) in [5, 5.41) is 12.7. The number of aliphatic hydroxyl groups is 1. The van der Waals surface area contributed by atoms with Gasteiger partial charge in [-0.1, -0.05) is 18.2 Å². The first-order valence-corrected chi connectivity index (χ1v) is 11.2. The number of alkyl halides is 4. The number of halogens is 5. The molecule has 2 fully saturated rings. The molecule has 2 aromatic rings. The maximum atomic E-state index is 13.6. The topological polar surface area (TPSA) is 58.6 Å².